The highest BCUT2D eigenvalue weighted by Gasteiger charge is 2.19. The van der Waals surface area contributed by atoms with Gasteiger partial charge in [-0.3, -0.25) is 14.4 Å². The first-order valence-corrected chi connectivity index (χ1v) is 27.7. The smallest absolute Gasteiger partial charge is 0.306 e. The first kappa shape index (κ1) is 63.3. The van der Waals surface area contributed by atoms with Crippen molar-refractivity contribution in [1.82, 2.24) is 0 Å². The fraction of sp³-hybridized carbons (Fsp3) is 0.689. The highest BCUT2D eigenvalue weighted by Crippen LogP contribution is 2.14. The quantitative estimate of drug-likeness (QED) is 0.0262. The van der Waals surface area contributed by atoms with Crippen LogP contribution in [-0.2, 0) is 28.6 Å². The van der Waals surface area contributed by atoms with E-state index < -0.39 is 6.10 Å². The molecule has 0 aromatic rings. The molecule has 0 radical (unpaired) electrons. The molecule has 0 aliphatic carbocycles. The Morgan fingerprint density at radius 1 is 0.313 bits per heavy atom. The van der Waals surface area contributed by atoms with Crippen molar-refractivity contribution in [2.45, 2.75) is 258 Å². The van der Waals surface area contributed by atoms with Crippen molar-refractivity contribution < 1.29 is 28.6 Å². The van der Waals surface area contributed by atoms with Crippen LogP contribution in [0.5, 0.6) is 0 Å². The van der Waals surface area contributed by atoms with Crippen LogP contribution in [0.3, 0.4) is 0 Å². The molecule has 382 valence electrons. The molecule has 6 nitrogen and oxygen atoms in total. The van der Waals surface area contributed by atoms with Crippen LogP contribution < -0.4 is 0 Å². The third kappa shape index (κ3) is 53.2. The fourth-order valence-electron chi connectivity index (χ4n) is 7.43. The Hall–Kier alpha value is -3.67. The summed E-state index contributed by atoms with van der Waals surface area (Å²) in [6.07, 6.45) is 73.0. The summed E-state index contributed by atoms with van der Waals surface area (Å²) in [6, 6.07) is 0. The van der Waals surface area contributed by atoms with Gasteiger partial charge in [-0.2, -0.15) is 0 Å². The summed E-state index contributed by atoms with van der Waals surface area (Å²) < 4.78 is 16.6. The summed E-state index contributed by atoms with van der Waals surface area (Å²) in [4.78, 5) is 37.7. The minimum atomic E-state index is -0.799. The molecule has 0 rings (SSSR count). The van der Waals surface area contributed by atoms with Crippen LogP contribution >= 0.6 is 0 Å². The van der Waals surface area contributed by atoms with Gasteiger partial charge in [-0.15, -0.1) is 0 Å². The van der Waals surface area contributed by atoms with Gasteiger partial charge in [0.2, 0.25) is 0 Å². The van der Waals surface area contributed by atoms with E-state index in [0.717, 1.165) is 103 Å². The predicted octanol–water partition coefficient (Wildman–Crippen LogP) is 18.5. The van der Waals surface area contributed by atoms with Gasteiger partial charge in [-0.1, -0.05) is 234 Å². The van der Waals surface area contributed by atoms with E-state index in [2.05, 4.69) is 118 Å². The van der Waals surface area contributed by atoms with Gasteiger partial charge in [0.05, 0.1) is 0 Å². The van der Waals surface area contributed by atoms with E-state index in [1.165, 1.54) is 103 Å². The molecular formula is C61H102O6. The molecule has 0 heterocycles. The molecule has 0 saturated heterocycles. The van der Waals surface area contributed by atoms with E-state index in [1.54, 1.807) is 0 Å². The van der Waals surface area contributed by atoms with Gasteiger partial charge in [0.1, 0.15) is 13.2 Å². The van der Waals surface area contributed by atoms with Crippen molar-refractivity contribution in [2.24, 2.45) is 0 Å². The summed E-state index contributed by atoms with van der Waals surface area (Å²) in [5.41, 5.74) is 0. The van der Waals surface area contributed by atoms with Crippen molar-refractivity contribution in [2.75, 3.05) is 13.2 Å². The van der Waals surface area contributed by atoms with Crippen LogP contribution in [-0.4, -0.2) is 37.2 Å². The summed E-state index contributed by atoms with van der Waals surface area (Å²) in [5.74, 6) is -0.976. The normalized spacial score (nSPS) is 12.8. The second-order valence-corrected chi connectivity index (χ2v) is 18.1. The average Bonchev–Trinajstić information content (AvgIpc) is 3.33. The zero-order valence-corrected chi connectivity index (χ0v) is 43.6. The minimum absolute atomic E-state index is 0.0975. The Morgan fingerprint density at radius 2 is 0.597 bits per heavy atom. The number of allylic oxidation sites excluding steroid dienone is 16. The number of carbonyl (C=O) groups is 3. The Morgan fingerprint density at radius 3 is 0.985 bits per heavy atom. The summed E-state index contributed by atoms with van der Waals surface area (Å²) in [5, 5.41) is 0. The van der Waals surface area contributed by atoms with E-state index in [0.29, 0.717) is 19.3 Å². The number of unbranched alkanes of at least 4 members (excludes halogenated alkanes) is 22. The van der Waals surface area contributed by atoms with Crippen molar-refractivity contribution in [3.8, 4) is 0 Å². The van der Waals surface area contributed by atoms with Gasteiger partial charge in [0.15, 0.2) is 6.10 Å². The zero-order valence-electron chi connectivity index (χ0n) is 43.6. The van der Waals surface area contributed by atoms with E-state index in [9.17, 15) is 14.4 Å². The minimum Gasteiger partial charge on any atom is -0.462 e. The van der Waals surface area contributed by atoms with E-state index in [4.69, 9.17) is 14.2 Å². The lowest BCUT2D eigenvalue weighted by atomic mass is 10.1. The van der Waals surface area contributed by atoms with Crippen molar-refractivity contribution in [1.29, 1.82) is 0 Å². The molecule has 0 fully saturated rings. The molecule has 67 heavy (non-hydrogen) atoms. The second kappa shape index (κ2) is 54.9. The molecule has 0 N–H and O–H groups in total. The van der Waals surface area contributed by atoms with Crippen LogP contribution in [0.15, 0.2) is 97.2 Å². The Kier molecular flexibility index (Phi) is 51.9. The molecule has 1 atom stereocenters. The first-order chi connectivity index (χ1) is 33.0. The molecule has 0 aliphatic heterocycles. The van der Waals surface area contributed by atoms with Gasteiger partial charge in [-0.05, 0) is 96.3 Å². The lowest BCUT2D eigenvalue weighted by Crippen LogP contribution is -2.30. The SMILES string of the molecule is CC/C=C\C/C=C\C/C=C\C/C=C\C/C=C\C/C=C\C/C=C\CCCC(=O)OCC(COC(=O)CCCCCCC)OC(=O)CCCCCCCCCCC/C=C\CCCCCCCCCC. The maximum Gasteiger partial charge on any atom is 0.306 e. The monoisotopic (exact) mass is 931 g/mol. The topological polar surface area (TPSA) is 78.9 Å². The molecule has 0 amide bonds. The Balaban J connectivity index is 4.24. The molecular weight excluding hydrogens is 829 g/mol. The van der Waals surface area contributed by atoms with Gasteiger partial charge in [-0.25, -0.2) is 0 Å². The highest BCUT2D eigenvalue weighted by atomic mass is 16.6. The number of carbonyl (C=O) groups excluding carboxylic acids is 3. The van der Waals surface area contributed by atoms with Gasteiger partial charge in [0, 0.05) is 19.3 Å². The van der Waals surface area contributed by atoms with E-state index in [1.807, 2.05) is 0 Å². The average molecular weight is 931 g/mol. The highest BCUT2D eigenvalue weighted by molar-refractivity contribution is 5.71. The molecule has 0 aromatic carbocycles. The van der Waals surface area contributed by atoms with Gasteiger partial charge < -0.3 is 14.2 Å². The first-order valence-electron chi connectivity index (χ1n) is 27.7. The van der Waals surface area contributed by atoms with Crippen LogP contribution in [0.4, 0.5) is 0 Å². The van der Waals surface area contributed by atoms with Gasteiger partial charge in [0.25, 0.3) is 0 Å². The second-order valence-electron chi connectivity index (χ2n) is 18.1. The molecule has 0 aromatic heterocycles. The lowest BCUT2D eigenvalue weighted by Gasteiger charge is -2.18. The number of ether oxygens (including phenoxy) is 3. The Labute approximate surface area is 413 Å². The van der Waals surface area contributed by atoms with Gasteiger partial charge >= 0.3 is 17.9 Å². The lowest BCUT2D eigenvalue weighted by molar-refractivity contribution is -0.167. The van der Waals surface area contributed by atoms with Crippen LogP contribution in [0.1, 0.15) is 252 Å². The molecule has 0 spiro atoms. The zero-order chi connectivity index (χ0) is 48.6. The standard InChI is InChI=1S/C61H102O6/c1-4-7-10-13-15-17-19-21-23-25-27-29-30-32-33-35-37-39-41-43-45-48-51-54-60(63)66-57-58(56-65-59(62)53-50-47-12-9-6-3)67-61(64)55-52-49-46-44-42-40-38-36-34-31-28-26-24-22-20-18-16-14-11-8-5-2/h7,10,15,17,21,23,26-29,32-33,37,39,43,45,58H,4-6,8-9,11-14,16,18-20,22,24-25,30-31,34-36,38,40-42,44,46-57H2,1-3H3/b10-7-,17-15-,23-21-,28-26-,29-27-,33-32-,39-37-,45-43-. The molecule has 1 unspecified atom stereocenters. The third-order valence-corrected chi connectivity index (χ3v) is 11.6. The number of rotatable bonds is 49. The predicted molar refractivity (Wildman–Crippen MR) is 288 cm³/mol. The molecule has 0 aliphatic rings. The molecule has 6 heteroatoms. The van der Waals surface area contributed by atoms with Crippen molar-refractivity contribution in [3.05, 3.63) is 97.2 Å². The van der Waals surface area contributed by atoms with Crippen molar-refractivity contribution >= 4 is 17.9 Å². The summed E-state index contributed by atoms with van der Waals surface area (Å²) in [7, 11) is 0. The molecule has 0 saturated carbocycles. The summed E-state index contributed by atoms with van der Waals surface area (Å²) in [6.45, 7) is 6.39. The summed E-state index contributed by atoms with van der Waals surface area (Å²) >= 11 is 0. The Bertz CT molecular complexity index is 1350. The van der Waals surface area contributed by atoms with Crippen LogP contribution in [0.25, 0.3) is 0 Å². The van der Waals surface area contributed by atoms with Crippen molar-refractivity contribution in [3.63, 3.8) is 0 Å². The maximum atomic E-state index is 12.8. The number of hydrogen-bond donors (Lipinski definition) is 0. The maximum absolute atomic E-state index is 12.8. The third-order valence-electron chi connectivity index (χ3n) is 11.6. The van der Waals surface area contributed by atoms with Crippen LogP contribution in [0, 0.1) is 0 Å². The fourth-order valence-corrected chi connectivity index (χ4v) is 7.43. The van der Waals surface area contributed by atoms with E-state index in [-0.39, 0.29) is 37.5 Å². The largest absolute Gasteiger partial charge is 0.462 e. The molecule has 0 bridgehead atoms. The number of esters is 3. The van der Waals surface area contributed by atoms with Crippen LogP contribution in [0.2, 0.25) is 0 Å². The van der Waals surface area contributed by atoms with E-state index >= 15 is 0 Å². The number of hydrogen-bond acceptors (Lipinski definition) is 6.